The van der Waals surface area contributed by atoms with Gasteiger partial charge in [0.25, 0.3) is 0 Å². The second-order valence-corrected chi connectivity index (χ2v) is 15.8. The third-order valence-corrected chi connectivity index (χ3v) is 10.6. The number of carbonyl (C=O) groups is 2. The van der Waals surface area contributed by atoms with Crippen molar-refractivity contribution >= 4 is 11.9 Å². The van der Waals surface area contributed by atoms with E-state index in [4.69, 9.17) is 4.74 Å². The number of unbranched alkanes of at least 4 members (excludes halogenated alkanes) is 27. The van der Waals surface area contributed by atoms with Crippen LogP contribution >= 0.6 is 0 Å². The zero-order valence-electron chi connectivity index (χ0n) is 35.0. The van der Waals surface area contributed by atoms with Crippen molar-refractivity contribution in [3.05, 3.63) is 12.2 Å². The molecule has 0 rings (SSSR count). The standard InChI is InChI=1S/C46H89NO5/c1-4-7-10-13-16-19-21-22-23-24-25-26-29-32-35-38-44(49)43(41-48)47-45(50)40-42(37-34-31-28-18-15-12-9-6-3)52-46(51)39-36-33-30-27-20-17-14-11-8-5-2/h11,14,42-44,48-49H,4-10,12-13,15-41H2,1-3H3,(H,47,50)/b14-11-. The first-order chi connectivity index (χ1) is 25.5. The van der Waals surface area contributed by atoms with Crippen molar-refractivity contribution < 1.29 is 24.5 Å². The van der Waals surface area contributed by atoms with Crippen molar-refractivity contribution in [3.63, 3.8) is 0 Å². The normalized spacial score (nSPS) is 13.4. The molecule has 0 aliphatic carbocycles. The lowest BCUT2D eigenvalue weighted by molar-refractivity contribution is -0.151. The quantitative estimate of drug-likeness (QED) is 0.0330. The van der Waals surface area contributed by atoms with Crippen LogP contribution in [0.1, 0.15) is 245 Å². The maximum atomic E-state index is 13.1. The van der Waals surface area contributed by atoms with Gasteiger partial charge in [-0.05, 0) is 44.9 Å². The minimum absolute atomic E-state index is 0.0793. The molecule has 0 fully saturated rings. The van der Waals surface area contributed by atoms with Gasteiger partial charge in [0.05, 0.1) is 25.2 Å². The minimum atomic E-state index is -0.781. The highest BCUT2D eigenvalue weighted by Crippen LogP contribution is 2.18. The van der Waals surface area contributed by atoms with Crippen molar-refractivity contribution in [1.29, 1.82) is 0 Å². The predicted octanol–water partition coefficient (Wildman–Crippen LogP) is 13.0. The van der Waals surface area contributed by atoms with Crippen molar-refractivity contribution in [2.45, 2.75) is 264 Å². The fourth-order valence-corrected chi connectivity index (χ4v) is 7.08. The van der Waals surface area contributed by atoms with Crippen molar-refractivity contribution in [2.24, 2.45) is 0 Å². The summed E-state index contributed by atoms with van der Waals surface area (Å²) in [5, 5.41) is 23.6. The Balaban J connectivity index is 4.41. The highest BCUT2D eigenvalue weighted by Gasteiger charge is 2.24. The van der Waals surface area contributed by atoms with Gasteiger partial charge in [-0.15, -0.1) is 0 Å². The molecular weight excluding hydrogens is 647 g/mol. The van der Waals surface area contributed by atoms with Gasteiger partial charge >= 0.3 is 5.97 Å². The van der Waals surface area contributed by atoms with Gasteiger partial charge in [0.2, 0.25) is 5.91 Å². The smallest absolute Gasteiger partial charge is 0.306 e. The summed E-state index contributed by atoms with van der Waals surface area (Å²) in [4.78, 5) is 25.8. The first-order valence-corrected chi connectivity index (χ1v) is 22.9. The number of aliphatic hydroxyl groups excluding tert-OH is 2. The fourth-order valence-electron chi connectivity index (χ4n) is 7.08. The summed E-state index contributed by atoms with van der Waals surface area (Å²) in [5.74, 6) is -0.480. The van der Waals surface area contributed by atoms with E-state index in [1.807, 2.05) is 0 Å². The van der Waals surface area contributed by atoms with E-state index in [1.54, 1.807) is 0 Å². The van der Waals surface area contributed by atoms with E-state index in [0.29, 0.717) is 19.3 Å². The second kappa shape index (κ2) is 40.8. The van der Waals surface area contributed by atoms with Gasteiger partial charge in [0.15, 0.2) is 0 Å². The first kappa shape index (κ1) is 50.6. The minimum Gasteiger partial charge on any atom is -0.462 e. The van der Waals surface area contributed by atoms with E-state index in [9.17, 15) is 19.8 Å². The van der Waals surface area contributed by atoms with E-state index in [-0.39, 0.29) is 24.9 Å². The number of esters is 1. The van der Waals surface area contributed by atoms with E-state index < -0.39 is 18.2 Å². The summed E-state index contributed by atoms with van der Waals surface area (Å²) in [6, 6.07) is -0.694. The molecule has 3 unspecified atom stereocenters. The molecule has 0 aromatic heterocycles. The number of hydrogen-bond donors (Lipinski definition) is 3. The molecule has 6 nitrogen and oxygen atoms in total. The zero-order chi connectivity index (χ0) is 38.2. The number of carbonyl (C=O) groups excluding carboxylic acids is 2. The van der Waals surface area contributed by atoms with Crippen LogP contribution in [0.5, 0.6) is 0 Å². The van der Waals surface area contributed by atoms with Crippen LogP contribution in [0, 0.1) is 0 Å². The van der Waals surface area contributed by atoms with Gasteiger partial charge in [-0.25, -0.2) is 0 Å². The average molecular weight is 736 g/mol. The molecule has 308 valence electrons. The Morgan fingerprint density at radius 1 is 0.538 bits per heavy atom. The first-order valence-electron chi connectivity index (χ1n) is 22.9. The molecule has 0 saturated heterocycles. The van der Waals surface area contributed by atoms with Crippen LogP contribution in [-0.2, 0) is 14.3 Å². The van der Waals surface area contributed by atoms with Gasteiger partial charge < -0.3 is 20.3 Å². The van der Waals surface area contributed by atoms with Crippen LogP contribution in [0.3, 0.4) is 0 Å². The van der Waals surface area contributed by atoms with E-state index in [0.717, 1.165) is 57.8 Å². The van der Waals surface area contributed by atoms with Gasteiger partial charge in [-0.1, -0.05) is 200 Å². The summed E-state index contributed by atoms with van der Waals surface area (Å²) in [5.41, 5.74) is 0. The van der Waals surface area contributed by atoms with E-state index >= 15 is 0 Å². The number of allylic oxidation sites excluding steroid dienone is 2. The Bertz CT molecular complexity index is 787. The molecule has 52 heavy (non-hydrogen) atoms. The molecule has 6 heteroatoms. The lowest BCUT2D eigenvalue weighted by Gasteiger charge is -2.24. The molecule has 3 N–H and O–H groups in total. The number of amides is 1. The van der Waals surface area contributed by atoms with E-state index in [2.05, 4.69) is 38.2 Å². The van der Waals surface area contributed by atoms with Crippen LogP contribution in [0.4, 0.5) is 0 Å². The monoisotopic (exact) mass is 736 g/mol. The largest absolute Gasteiger partial charge is 0.462 e. The summed E-state index contributed by atoms with van der Waals surface area (Å²) in [7, 11) is 0. The molecule has 0 radical (unpaired) electrons. The summed E-state index contributed by atoms with van der Waals surface area (Å²) in [6.45, 7) is 6.40. The summed E-state index contributed by atoms with van der Waals surface area (Å²) in [6.07, 6.45) is 42.8. The Morgan fingerprint density at radius 3 is 1.44 bits per heavy atom. The van der Waals surface area contributed by atoms with Crippen LogP contribution in [0.2, 0.25) is 0 Å². The molecule has 0 aliphatic rings. The fraction of sp³-hybridized carbons (Fsp3) is 0.913. The molecule has 0 aromatic carbocycles. The molecule has 0 heterocycles. The van der Waals surface area contributed by atoms with Gasteiger partial charge in [0.1, 0.15) is 6.10 Å². The van der Waals surface area contributed by atoms with Gasteiger partial charge in [-0.2, -0.15) is 0 Å². The third kappa shape index (κ3) is 35.6. The van der Waals surface area contributed by atoms with Crippen LogP contribution in [0.15, 0.2) is 12.2 Å². The molecule has 0 aromatic rings. The number of aliphatic hydroxyl groups is 2. The van der Waals surface area contributed by atoms with Gasteiger partial charge in [0, 0.05) is 6.42 Å². The summed E-state index contributed by atoms with van der Waals surface area (Å²) >= 11 is 0. The Hall–Kier alpha value is -1.40. The molecule has 0 bridgehead atoms. The third-order valence-electron chi connectivity index (χ3n) is 10.6. The average Bonchev–Trinajstić information content (AvgIpc) is 3.13. The Kier molecular flexibility index (Phi) is 39.7. The lowest BCUT2D eigenvalue weighted by Crippen LogP contribution is -2.46. The maximum Gasteiger partial charge on any atom is 0.306 e. The highest BCUT2D eigenvalue weighted by molar-refractivity contribution is 5.77. The molecule has 0 aliphatic heterocycles. The molecule has 1 amide bonds. The van der Waals surface area contributed by atoms with E-state index in [1.165, 1.54) is 141 Å². The number of rotatable bonds is 41. The topological polar surface area (TPSA) is 95.9 Å². The van der Waals surface area contributed by atoms with Crippen LogP contribution in [0.25, 0.3) is 0 Å². The van der Waals surface area contributed by atoms with Gasteiger partial charge in [-0.3, -0.25) is 9.59 Å². The maximum absolute atomic E-state index is 13.1. The molecular formula is C46H89NO5. The predicted molar refractivity (Wildman–Crippen MR) is 223 cm³/mol. The molecule has 0 saturated carbocycles. The molecule has 0 spiro atoms. The lowest BCUT2D eigenvalue weighted by atomic mass is 10.0. The number of nitrogens with one attached hydrogen (secondary N) is 1. The van der Waals surface area contributed by atoms with Crippen LogP contribution < -0.4 is 5.32 Å². The Labute approximate surface area is 323 Å². The van der Waals surface area contributed by atoms with Crippen molar-refractivity contribution in [2.75, 3.05) is 6.61 Å². The summed E-state index contributed by atoms with van der Waals surface area (Å²) < 4.78 is 5.87. The Morgan fingerprint density at radius 2 is 0.962 bits per heavy atom. The highest BCUT2D eigenvalue weighted by atomic mass is 16.5. The number of ether oxygens (including phenoxy) is 1. The zero-order valence-corrected chi connectivity index (χ0v) is 35.0. The second-order valence-electron chi connectivity index (χ2n) is 15.8. The van der Waals surface area contributed by atoms with Crippen molar-refractivity contribution in [1.82, 2.24) is 5.32 Å². The number of hydrogen-bond acceptors (Lipinski definition) is 5. The van der Waals surface area contributed by atoms with Crippen molar-refractivity contribution in [3.8, 4) is 0 Å². The SMILES string of the molecule is CCC/C=C\CCCCCCCC(=O)OC(CCCCCCCCCC)CC(=O)NC(CO)C(O)CCCCCCCCCCCCCCCCC. The molecule has 3 atom stereocenters. The van der Waals surface area contributed by atoms with Crippen LogP contribution in [-0.4, -0.2) is 46.9 Å².